The summed E-state index contributed by atoms with van der Waals surface area (Å²) in [6, 6.07) is 6.14. The summed E-state index contributed by atoms with van der Waals surface area (Å²) in [5.41, 5.74) is 0.974. The highest BCUT2D eigenvalue weighted by atomic mass is 35.5. The molecule has 1 aliphatic carbocycles. The summed E-state index contributed by atoms with van der Waals surface area (Å²) in [7, 11) is 0. The average molecular weight is 286 g/mol. The molecule has 1 aliphatic rings. The maximum absolute atomic E-state index is 6.22. The number of rotatable bonds is 3. The first kappa shape index (κ1) is 14.0. The van der Waals surface area contributed by atoms with Crippen molar-refractivity contribution in [1.82, 2.24) is 0 Å². The van der Waals surface area contributed by atoms with Gasteiger partial charge in [0.25, 0.3) is 0 Å². The Morgan fingerprint density at radius 2 is 1.89 bits per heavy atom. The van der Waals surface area contributed by atoms with Crippen molar-refractivity contribution in [1.29, 1.82) is 0 Å². The summed E-state index contributed by atoms with van der Waals surface area (Å²) in [6.07, 6.45) is 5.20. The lowest BCUT2D eigenvalue weighted by Gasteiger charge is -2.35. The fraction of sp³-hybridized carbons (Fsp3) is 0.600. The molecule has 0 bridgehead atoms. The fourth-order valence-electron chi connectivity index (χ4n) is 2.94. The second-order valence-electron chi connectivity index (χ2n) is 5.57. The van der Waals surface area contributed by atoms with Crippen LogP contribution in [0.1, 0.15) is 39.5 Å². The van der Waals surface area contributed by atoms with Crippen molar-refractivity contribution in [3.05, 3.63) is 28.2 Å². The van der Waals surface area contributed by atoms with Crippen LogP contribution in [0.15, 0.2) is 18.2 Å². The van der Waals surface area contributed by atoms with Crippen LogP contribution in [-0.4, -0.2) is 6.04 Å². The van der Waals surface area contributed by atoms with Crippen LogP contribution in [0.5, 0.6) is 0 Å². The Bertz CT molecular complexity index is 403. The van der Waals surface area contributed by atoms with Crippen molar-refractivity contribution in [3.63, 3.8) is 0 Å². The zero-order valence-corrected chi connectivity index (χ0v) is 12.6. The minimum Gasteiger partial charge on any atom is -0.381 e. The van der Waals surface area contributed by atoms with Crippen LogP contribution in [0.4, 0.5) is 5.69 Å². The molecule has 1 aromatic rings. The van der Waals surface area contributed by atoms with Crippen LogP contribution in [-0.2, 0) is 0 Å². The van der Waals surface area contributed by atoms with Gasteiger partial charge in [0.1, 0.15) is 0 Å². The zero-order chi connectivity index (χ0) is 13.1. The number of benzene rings is 1. The third-order valence-corrected chi connectivity index (χ3v) is 4.51. The Morgan fingerprint density at radius 3 is 2.61 bits per heavy atom. The van der Waals surface area contributed by atoms with Gasteiger partial charge in [-0.05, 0) is 42.9 Å². The van der Waals surface area contributed by atoms with E-state index in [-0.39, 0.29) is 0 Å². The molecule has 0 heterocycles. The maximum Gasteiger partial charge on any atom is 0.0638 e. The molecule has 100 valence electrons. The summed E-state index contributed by atoms with van der Waals surface area (Å²) in [6.45, 7) is 4.62. The maximum atomic E-state index is 6.22. The largest absolute Gasteiger partial charge is 0.381 e. The van der Waals surface area contributed by atoms with Gasteiger partial charge in [0, 0.05) is 11.1 Å². The van der Waals surface area contributed by atoms with Crippen LogP contribution in [0.2, 0.25) is 10.0 Å². The first-order valence-electron chi connectivity index (χ1n) is 6.79. The van der Waals surface area contributed by atoms with Gasteiger partial charge in [-0.2, -0.15) is 0 Å². The third-order valence-electron chi connectivity index (χ3n) is 3.95. The first-order chi connectivity index (χ1) is 8.58. The van der Waals surface area contributed by atoms with Crippen molar-refractivity contribution in [3.8, 4) is 0 Å². The minimum absolute atomic E-state index is 0.523. The Kier molecular flexibility index (Phi) is 4.80. The van der Waals surface area contributed by atoms with Gasteiger partial charge < -0.3 is 5.32 Å². The standard InChI is InChI=1S/C15H21Cl2N/c1-10(2)12-5-3-4-6-14(12)18-15-9-11(16)7-8-13(15)17/h7-10,12,14,18H,3-6H2,1-2H3. The highest BCUT2D eigenvalue weighted by molar-refractivity contribution is 6.35. The number of hydrogen-bond acceptors (Lipinski definition) is 1. The van der Waals surface area contributed by atoms with Crippen LogP contribution < -0.4 is 5.32 Å². The van der Waals surface area contributed by atoms with E-state index in [1.165, 1.54) is 25.7 Å². The van der Waals surface area contributed by atoms with E-state index in [9.17, 15) is 0 Å². The van der Waals surface area contributed by atoms with Gasteiger partial charge >= 0.3 is 0 Å². The minimum atomic E-state index is 0.523. The fourth-order valence-corrected chi connectivity index (χ4v) is 3.29. The van der Waals surface area contributed by atoms with Crippen LogP contribution in [0.3, 0.4) is 0 Å². The molecule has 1 nitrogen and oxygen atoms in total. The highest BCUT2D eigenvalue weighted by Crippen LogP contribution is 2.34. The van der Waals surface area contributed by atoms with Crippen molar-refractivity contribution in [2.45, 2.75) is 45.6 Å². The van der Waals surface area contributed by atoms with Crippen molar-refractivity contribution >= 4 is 28.9 Å². The van der Waals surface area contributed by atoms with E-state index >= 15 is 0 Å². The van der Waals surface area contributed by atoms with E-state index in [0.29, 0.717) is 12.0 Å². The van der Waals surface area contributed by atoms with Crippen molar-refractivity contribution in [2.24, 2.45) is 11.8 Å². The van der Waals surface area contributed by atoms with Gasteiger partial charge in [0.2, 0.25) is 0 Å². The Balaban J connectivity index is 2.13. The summed E-state index contributed by atoms with van der Waals surface area (Å²) < 4.78 is 0. The monoisotopic (exact) mass is 285 g/mol. The molecule has 3 heteroatoms. The predicted octanol–water partition coefficient (Wildman–Crippen LogP) is 5.62. The zero-order valence-electron chi connectivity index (χ0n) is 11.0. The molecule has 0 aromatic heterocycles. The quantitative estimate of drug-likeness (QED) is 0.760. The van der Waals surface area contributed by atoms with Gasteiger partial charge in [-0.25, -0.2) is 0 Å². The van der Waals surface area contributed by atoms with E-state index in [1.54, 1.807) is 0 Å². The molecule has 18 heavy (non-hydrogen) atoms. The normalized spacial score (nSPS) is 24.3. The highest BCUT2D eigenvalue weighted by Gasteiger charge is 2.27. The molecule has 1 saturated carbocycles. The van der Waals surface area contributed by atoms with Crippen molar-refractivity contribution in [2.75, 3.05) is 5.32 Å². The molecule has 0 saturated heterocycles. The van der Waals surface area contributed by atoms with E-state index in [1.807, 2.05) is 18.2 Å². The van der Waals surface area contributed by atoms with E-state index in [0.717, 1.165) is 21.7 Å². The second kappa shape index (κ2) is 6.16. The topological polar surface area (TPSA) is 12.0 Å². The second-order valence-corrected chi connectivity index (χ2v) is 6.41. The Morgan fingerprint density at radius 1 is 1.17 bits per heavy atom. The van der Waals surface area contributed by atoms with Gasteiger partial charge in [-0.15, -0.1) is 0 Å². The molecular formula is C15H21Cl2N. The first-order valence-corrected chi connectivity index (χ1v) is 7.55. The number of nitrogens with one attached hydrogen (secondary N) is 1. The lowest BCUT2D eigenvalue weighted by molar-refractivity contribution is 0.254. The summed E-state index contributed by atoms with van der Waals surface area (Å²) in [5.74, 6) is 1.44. The van der Waals surface area contributed by atoms with Crippen LogP contribution >= 0.6 is 23.2 Å². The molecule has 2 rings (SSSR count). The van der Waals surface area contributed by atoms with Crippen LogP contribution in [0.25, 0.3) is 0 Å². The van der Waals surface area contributed by atoms with E-state index in [4.69, 9.17) is 23.2 Å². The molecule has 1 fully saturated rings. The molecule has 2 unspecified atom stereocenters. The summed E-state index contributed by atoms with van der Waals surface area (Å²) in [5, 5.41) is 5.10. The average Bonchev–Trinajstić information content (AvgIpc) is 2.34. The van der Waals surface area contributed by atoms with Crippen molar-refractivity contribution < 1.29 is 0 Å². The summed E-state index contributed by atoms with van der Waals surface area (Å²) >= 11 is 12.3. The SMILES string of the molecule is CC(C)C1CCCCC1Nc1cc(Cl)ccc1Cl. The third kappa shape index (κ3) is 3.33. The molecule has 1 N–H and O–H groups in total. The molecule has 0 spiro atoms. The van der Waals surface area contributed by atoms with Gasteiger partial charge in [0.05, 0.1) is 10.7 Å². The number of halogens is 2. The predicted molar refractivity (Wildman–Crippen MR) is 80.7 cm³/mol. The lowest BCUT2D eigenvalue weighted by atomic mass is 9.78. The lowest BCUT2D eigenvalue weighted by Crippen LogP contribution is -2.35. The van der Waals surface area contributed by atoms with Crippen LogP contribution in [0, 0.1) is 11.8 Å². The smallest absolute Gasteiger partial charge is 0.0638 e. The summed E-state index contributed by atoms with van der Waals surface area (Å²) in [4.78, 5) is 0. The Labute approximate surface area is 120 Å². The van der Waals surface area contributed by atoms with Gasteiger partial charge in [-0.1, -0.05) is 49.9 Å². The van der Waals surface area contributed by atoms with Gasteiger partial charge in [-0.3, -0.25) is 0 Å². The number of hydrogen-bond donors (Lipinski definition) is 1. The van der Waals surface area contributed by atoms with E-state index < -0.39 is 0 Å². The molecule has 2 atom stereocenters. The Hall–Kier alpha value is -0.400. The van der Waals surface area contributed by atoms with E-state index in [2.05, 4.69) is 19.2 Å². The van der Waals surface area contributed by atoms with Gasteiger partial charge in [0.15, 0.2) is 0 Å². The number of anilines is 1. The molecule has 0 amide bonds. The molecular weight excluding hydrogens is 265 g/mol. The molecule has 1 aromatic carbocycles. The molecule has 0 aliphatic heterocycles. The molecule has 0 radical (unpaired) electrons.